The first kappa shape index (κ1) is 20.8. The number of nitrogens with zero attached hydrogens (tertiary/aromatic N) is 2. The number of benzene rings is 1. The number of β-amino-alcohol motifs (C(OH)–C–C–N with tert-alkyl or cyclic N) is 1. The minimum Gasteiger partial charge on any atom is -0.387 e. The number of nitrogens with one attached hydrogen (secondary N) is 1. The molecule has 2 unspecified atom stereocenters. The minimum absolute atomic E-state index is 0.0451. The van der Waals surface area contributed by atoms with Crippen molar-refractivity contribution in [3.05, 3.63) is 35.9 Å². The normalized spacial score (nSPS) is 24.6. The lowest BCUT2D eigenvalue weighted by Gasteiger charge is -2.37. The zero-order chi connectivity index (χ0) is 20.4. The average molecular weight is 388 g/mol. The van der Waals surface area contributed by atoms with E-state index in [2.05, 4.69) is 22.3 Å². The fraction of sp³-hybridized carbons (Fsp3) is 0.636. The predicted octanol–water partition coefficient (Wildman–Crippen LogP) is 1.78. The van der Waals surface area contributed by atoms with Crippen molar-refractivity contribution in [2.24, 2.45) is 5.41 Å². The smallest absolute Gasteiger partial charge is 0.243 e. The van der Waals surface area contributed by atoms with E-state index in [4.69, 9.17) is 0 Å². The molecule has 6 heteroatoms. The van der Waals surface area contributed by atoms with Crippen molar-refractivity contribution < 1.29 is 14.7 Å². The Morgan fingerprint density at radius 3 is 2.57 bits per heavy atom. The van der Waals surface area contributed by atoms with Crippen LogP contribution >= 0.6 is 0 Å². The van der Waals surface area contributed by atoms with Gasteiger partial charge in [-0.3, -0.25) is 14.5 Å². The van der Waals surface area contributed by atoms with E-state index < -0.39 is 11.6 Å². The Bertz CT molecular complexity index is 701. The Hall–Kier alpha value is -1.92. The van der Waals surface area contributed by atoms with Gasteiger partial charge in [0.05, 0.1) is 5.60 Å². The van der Waals surface area contributed by atoms with Crippen molar-refractivity contribution in [3.63, 3.8) is 0 Å². The number of hydrogen-bond acceptors (Lipinski definition) is 4. The molecule has 6 nitrogen and oxygen atoms in total. The first-order valence-corrected chi connectivity index (χ1v) is 10.2. The quantitative estimate of drug-likeness (QED) is 0.780. The number of carbonyl (C=O) groups is 2. The molecule has 1 aromatic carbocycles. The van der Waals surface area contributed by atoms with Crippen molar-refractivity contribution in [1.29, 1.82) is 0 Å². The molecule has 2 aliphatic heterocycles. The molecule has 154 valence electrons. The third-order valence-electron chi connectivity index (χ3n) is 5.74. The molecule has 2 N–H and O–H groups in total. The van der Waals surface area contributed by atoms with Gasteiger partial charge in [0.1, 0.15) is 6.04 Å². The second kappa shape index (κ2) is 8.21. The molecule has 0 radical (unpaired) electrons. The summed E-state index contributed by atoms with van der Waals surface area (Å²) in [6, 6.07) is 9.69. The Morgan fingerprint density at radius 1 is 1.25 bits per heavy atom. The van der Waals surface area contributed by atoms with Gasteiger partial charge in [-0.25, -0.2) is 0 Å². The van der Waals surface area contributed by atoms with Crippen molar-refractivity contribution in [2.75, 3.05) is 26.2 Å². The number of amides is 2. The lowest BCUT2D eigenvalue weighted by molar-refractivity contribution is -0.142. The van der Waals surface area contributed by atoms with E-state index in [1.54, 1.807) is 4.90 Å². The van der Waals surface area contributed by atoms with E-state index in [-0.39, 0.29) is 23.8 Å². The number of likely N-dealkylation sites (tertiary alicyclic amines) is 2. The van der Waals surface area contributed by atoms with Crippen LogP contribution in [0.15, 0.2) is 30.3 Å². The van der Waals surface area contributed by atoms with Crippen molar-refractivity contribution in [2.45, 2.75) is 58.2 Å². The van der Waals surface area contributed by atoms with Gasteiger partial charge in [-0.2, -0.15) is 0 Å². The van der Waals surface area contributed by atoms with Crippen LogP contribution in [0.1, 0.15) is 45.6 Å². The topological polar surface area (TPSA) is 72.9 Å². The van der Waals surface area contributed by atoms with Gasteiger partial charge in [0.15, 0.2) is 0 Å². The van der Waals surface area contributed by atoms with Crippen LogP contribution in [0.3, 0.4) is 0 Å². The standard InChI is InChI=1S/C22H33N3O3/c1-21(2,3)19(25-12-7-10-18(25)26)20(27)23-15-22(28)11-13-24(16-22)14-17-8-5-4-6-9-17/h4-6,8-9,19,28H,7,10-16H2,1-3H3,(H,23,27). The molecule has 1 aromatic rings. The summed E-state index contributed by atoms with van der Waals surface area (Å²) in [4.78, 5) is 29.1. The zero-order valence-electron chi connectivity index (χ0n) is 17.3. The Balaban J connectivity index is 1.57. The van der Waals surface area contributed by atoms with E-state index in [1.807, 2.05) is 39.0 Å². The van der Waals surface area contributed by atoms with Gasteiger partial charge in [0.2, 0.25) is 11.8 Å². The second-order valence-electron chi connectivity index (χ2n) is 9.35. The summed E-state index contributed by atoms with van der Waals surface area (Å²) in [5.41, 5.74) is -0.0694. The molecule has 28 heavy (non-hydrogen) atoms. The van der Waals surface area contributed by atoms with E-state index in [0.29, 0.717) is 25.9 Å². The van der Waals surface area contributed by atoms with Gasteiger partial charge < -0.3 is 15.3 Å². The van der Waals surface area contributed by atoms with E-state index in [0.717, 1.165) is 19.5 Å². The maximum atomic E-state index is 13.0. The van der Waals surface area contributed by atoms with Gasteiger partial charge in [-0.15, -0.1) is 0 Å². The van der Waals surface area contributed by atoms with Gasteiger partial charge >= 0.3 is 0 Å². The van der Waals surface area contributed by atoms with Crippen LogP contribution in [0.5, 0.6) is 0 Å². The van der Waals surface area contributed by atoms with Crippen LogP contribution in [0.2, 0.25) is 0 Å². The van der Waals surface area contributed by atoms with Crippen LogP contribution < -0.4 is 5.32 Å². The fourth-order valence-corrected chi connectivity index (χ4v) is 4.35. The van der Waals surface area contributed by atoms with Crippen LogP contribution in [0, 0.1) is 5.41 Å². The summed E-state index contributed by atoms with van der Waals surface area (Å²) in [5, 5.41) is 13.9. The summed E-state index contributed by atoms with van der Waals surface area (Å²) < 4.78 is 0. The molecule has 3 rings (SSSR count). The fourth-order valence-electron chi connectivity index (χ4n) is 4.35. The van der Waals surface area contributed by atoms with E-state index in [1.165, 1.54) is 5.56 Å². The third-order valence-corrected chi connectivity index (χ3v) is 5.74. The highest BCUT2D eigenvalue weighted by atomic mass is 16.3. The first-order chi connectivity index (χ1) is 13.2. The predicted molar refractivity (Wildman–Crippen MR) is 108 cm³/mol. The monoisotopic (exact) mass is 387 g/mol. The lowest BCUT2D eigenvalue weighted by Crippen LogP contribution is -2.56. The molecule has 2 atom stereocenters. The molecule has 2 fully saturated rings. The average Bonchev–Trinajstić information content (AvgIpc) is 3.20. The number of carbonyl (C=O) groups excluding carboxylic acids is 2. The van der Waals surface area contributed by atoms with Gasteiger partial charge in [-0.05, 0) is 23.8 Å². The van der Waals surface area contributed by atoms with Crippen molar-refractivity contribution >= 4 is 11.8 Å². The Kier molecular flexibility index (Phi) is 6.10. The molecule has 2 heterocycles. The summed E-state index contributed by atoms with van der Waals surface area (Å²) >= 11 is 0. The molecule has 2 aliphatic rings. The van der Waals surface area contributed by atoms with Crippen LogP contribution in [-0.4, -0.2) is 64.5 Å². The van der Waals surface area contributed by atoms with Crippen LogP contribution in [0.25, 0.3) is 0 Å². The summed E-state index contributed by atoms with van der Waals surface area (Å²) in [5.74, 6) is -0.124. The second-order valence-corrected chi connectivity index (χ2v) is 9.35. The maximum Gasteiger partial charge on any atom is 0.243 e. The van der Waals surface area contributed by atoms with E-state index >= 15 is 0 Å². The van der Waals surface area contributed by atoms with Gasteiger partial charge in [0.25, 0.3) is 0 Å². The molecule has 0 saturated carbocycles. The lowest BCUT2D eigenvalue weighted by atomic mass is 9.85. The number of hydrogen-bond donors (Lipinski definition) is 2. The molecule has 2 amide bonds. The number of aliphatic hydroxyl groups is 1. The third kappa shape index (κ3) is 4.92. The molecule has 0 bridgehead atoms. The largest absolute Gasteiger partial charge is 0.387 e. The van der Waals surface area contributed by atoms with E-state index in [9.17, 15) is 14.7 Å². The van der Waals surface area contributed by atoms with Crippen molar-refractivity contribution in [3.8, 4) is 0 Å². The Morgan fingerprint density at radius 2 is 1.96 bits per heavy atom. The highest BCUT2D eigenvalue weighted by Gasteiger charge is 2.42. The van der Waals surface area contributed by atoms with Crippen molar-refractivity contribution in [1.82, 2.24) is 15.1 Å². The molecule has 0 aromatic heterocycles. The summed E-state index contributed by atoms with van der Waals surface area (Å²) in [6.07, 6.45) is 1.94. The first-order valence-electron chi connectivity index (χ1n) is 10.2. The SMILES string of the molecule is CC(C)(C)C(C(=O)NCC1(O)CCN(Cc2ccccc2)C1)N1CCCC1=O. The van der Waals surface area contributed by atoms with Gasteiger partial charge in [-0.1, -0.05) is 51.1 Å². The molecule has 2 saturated heterocycles. The van der Waals surface area contributed by atoms with Gasteiger partial charge in [0, 0.05) is 39.1 Å². The maximum absolute atomic E-state index is 13.0. The zero-order valence-corrected chi connectivity index (χ0v) is 17.3. The molecule has 0 aliphatic carbocycles. The molecular weight excluding hydrogens is 354 g/mol. The Labute approximate surface area is 167 Å². The van der Waals surface area contributed by atoms with Crippen LogP contribution in [0.4, 0.5) is 0 Å². The summed E-state index contributed by atoms with van der Waals surface area (Å²) in [7, 11) is 0. The highest BCUT2D eigenvalue weighted by Crippen LogP contribution is 2.29. The van der Waals surface area contributed by atoms with Crippen LogP contribution in [-0.2, 0) is 16.1 Å². The molecule has 0 spiro atoms. The number of rotatable bonds is 6. The highest BCUT2D eigenvalue weighted by molar-refractivity contribution is 5.89. The molecular formula is C22H33N3O3. The minimum atomic E-state index is -0.929. The summed E-state index contributed by atoms with van der Waals surface area (Å²) in [6.45, 7) is 8.91.